The molecule has 2 aromatic carbocycles. The number of alkyl carbamates (subject to hydrolysis) is 1. The Hall–Kier alpha value is -2.29. The molecule has 0 bridgehead atoms. The van der Waals surface area contributed by atoms with Gasteiger partial charge >= 0.3 is 6.09 Å². The second-order valence-electron chi connectivity index (χ2n) is 6.24. The molecule has 3 heteroatoms. The largest absolute Gasteiger partial charge is 0.444 e. The average molecular weight is 297 g/mol. The zero-order chi connectivity index (χ0) is 16.2. The predicted molar refractivity (Wildman–Crippen MR) is 92.0 cm³/mol. The third-order valence-corrected chi connectivity index (χ3v) is 3.33. The van der Waals surface area contributed by atoms with Crippen LogP contribution in [0.25, 0.3) is 16.8 Å². The molecule has 116 valence electrons. The second kappa shape index (κ2) is 6.65. The maximum Gasteiger partial charge on any atom is 0.407 e. The molecule has 22 heavy (non-hydrogen) atoms. The Morgan fingerprint density at radius 1 is 1.23 bits per heavy atom. The van der Waals surface area contributed by atoms with Gasteiger partial charge in [-0.15, -0.1) is 0 Å². The maximum atomic E-state index is 11.7. The molecular weight excluding hydrogens is 274 g/mol. The van der Waals surface area contributed by atoms with E-state index >= 15 is 0 Å². The number of nitrogens with one attached hydrogen (secondary N) is 1. The monoisotopic (exact) mass is 297 g/mol. The first-order valence-corrected chi connectivity index (χ1v) is 7.50. The van der Waals surface area contributed by atoms with Crippen LogP contribution >= 0.6 is 0 Å². The predicted octanol–water partition coefficient (Wildman–Crippen LogP) is 4.55. The minimum absolute atomic E-state index is 0.381. The van der Waals surface area contributed by atoms with Crippen LogP contribution in [0.2, 0.25) is 0 Å². The van der Waals surface area contributed by atoms with E-state index in [0.717, 1.165) is 12.0 Å². The normalized spacial score (nSPS) is 11.2. The molecule has 0 atom stereocenters. The Morgan fingerprint density at radius 2 is 1.95 bits per heavy atom. The van der Waals surface area contributed by atoms with Crippen LogP contribution in [0.15, 0.2) is 43.0 Å². The summed E-state index contributed by atoms with van der Waals surface area (Å²) in [7, 11) is 0. The van der Waals surface area contributed by atoms with Crippen LogP contribution in [-0.4, -0.2) is 18.2 Å². The number of benzene rings is 2. The fraction of sp³-hybridized carbons (Fsp3) is 0.316. The van der Waals surface area contributed by atoms with Gasteiger partial charge < -0.3 is 10.1 Å². The van der Waals surface area contributed by atoms with Crippen molar-refractivity contribution in [3.8, 4) is 0 Å². The summed E-state index contributed by atoms with van der Waals surface area (Å²) in [5.74, 6) is 0. The zero-order valence-corrected chi connectivity index (χ0v) is 13.5. The number of hydrogen-bond acceptors (Lipinski definition) is 2. The summed E-state index contributed by atoms with van der Waals surface area (Å²) >= 11 is 0. The molecule has 2 aromatic rings. The van der Waals surface area contributed by atoms with E-state index < -0.39 is 5.60 Å². The van der Waals surface area contributed by atoms with Gasteiger partial charge in [-0.2, -0.15) is 0 Å². The molecule has 0 aliphatic rings. The minimum Gasteiger partial charge on any atom is -0.444 e. The third kappa shape index (κ3) is 4.10. The van der Waals surface area contributed by atoms with Crippen LogP contribution in [0.4, 0.5) is 4.79 Å². The highest BCUT2D eigenvalue weighted by Crippen LogP contribution is 2.23. The van der Waals surface area contributed by atoms with Gasteiger partial charge in [-0.05, 0) is 49.1 Å². The highest BCUT2D eigenvalue weighted by molar-refractivity contribution is 5.91. The highest BCUT2D eigenvalue weighted by Gasteiger charge is 2.15. The first-order valence-electron chi connectivity index (χ1n) is 7.50. The Labute approximate surface area is 132 Å². The van der Waals surface area contributed by atoms with Crippen molar-refractivity contribution < 1.29 is 9.53 Å². The van der Waals surface area contributed by atoms with Crippen molar-refractivity contribution in [2.45, 2.75) is 32.8 Å². The van der Waals surface area contributed by atoms with Gasteiger partial charge in [0.15, 0.2) is 0 Å². The van der Waals surface area contributed by atoms with Crippen LogP contribution in [0, 0.1) is 0 Å². The third-order valence-electron chi connectivity index (χ3n) is 3.33. The number of amides is 1. The molecule has 0 aliphatic heterocycles. The Bertz CT molecular complexity index is 683. The van der Waals surface area contributed by atoms with Crippen LogP contribution in [0.1, 0.15) is 31.9 Å². The number of rotatable bonds is 4. The average Bonchev–Trinajstić information content (AvgIpc) is 2.45. The molecule has 0 spiro atoms. The number of carbonyl (C=O) groups is 1. The van der Waals surface area contributed by atoms with Gasteiger partial charge in [0.05, 0.1) is 0 Å². The van der Waals surface area contributed by atoms with Gasteiger partial charge in [-0.3, -0.25) is 0 Å². The summed E-state index contributed by atoms with van der Waals surface area (Å²) in [5, 5.41) is 5.17. The molecule has 0 aliphatic carbocycles. The van der Waals surface area contributed by atoms with Gasteiger partial charge in [0.2, 0.25) is 0 Å². The van der Waals surface area contributed by atoms with Crippen LogP contribution < -0.4 is 5.32 Å². The minimum atomic E-state index is -0.473. The van der Waals surface area contributed by atoms with Crippen molar-refractivity contribution in [2.75, 3.05) is 6.54 Å². The molecule has 0 unspecified atom stereocenters. The Morgan fingerprint density at radius 3 is 2.64 bits per heavy atom. The molecule has 0 heterocycles. The van der Waals surface area contributed by atoms with Crippen LogP contribution in [-0.2, 0) is 11.2 Å². The number of hydrogen-bond donors (Lipinski definition) is 1. The van der Waals surface area contributed by atoms with E-state index in [1.165, 1.54) is 16.3 Å². The lowest BCUT2D eigenvalue weighted by Gasteiger charge is -2.19. The summed E-state index contributed by atoms with van der Waals surface area (Å²) in [5.41, 5.74) is 1.83. The van der Waals surface area contributed by atoms with Crippen LogP contribution in [0.3, 0.4) is 0 Å². The molecule has 3 nitrogen and oxygen atoms in total. The van der Waals surface area contributed by atoms with Crippen LogP contribution in [0.5, 0.6) is 0 Å². The van der Waals surface area contributed by atoms with E-state index in [-0.39, 0.29) is 6.09 Å². The van der Waals surface area contributed by atoms with Gasteiger partial charge in [0.1, 0.15) is 5.60 Å². The van der Waals surface area contributed by atoms with Crippen molar-refractivity contribution >= 4 is 22.9 Å². The van der Waals surface area contributed by atoms with E-state index in [2.05, 4.69) is 36.2 Å². The molecule has 0 fully saturated rings. The van der Waals surface area contributed by atoms with Crippen molar-refractivity contribution in [3.63, 3.8) is 0 Å². The standard InChI is InChI=1S/C19H23NO2/c1-5-16-15(11-10-14-8-6-7-9-17(14)16)12-13-20-18(21)22-19(2,3)4/h5-11H,1,12-13H2,2-4H3,(H,20,21). The smallest absolute Gasteiger partial charge is 0.407 e. The molecule has 0 saturated heterocycles. The molecular formula is C19H23NO2. The lowest BCUT2D eigenvalue weighted by Crippen LogP contribution is -2.33. The van der Waals surface area contributed by atoms with Crippen molar-refractivity contribution in [1.29, 1.82) is 0 Å². The Kier molecular flexibility index (Phi) is 4.86. The van der Waals surface area contributed by atoms with Gasteiger partial charge in [0, 0.05) is 6.54 Å². The Balaban J connectivity index is 2.06. The zero-order valence-electron chi connectivity index (χ0n) is 13.5. The quantitative estimate of drug-likeness (QED) is 0.899. The fourth-order valence-electron chi connectivity index (χ4n) is 2.41. The van der Waals surface area contributed by atoms with Crippen molar-refractivity contribution in [1.82, 2.24) is 5.32 Å². The highest BCUT2D eigenvalue weighted by atomic mass is 16.6. The lowest BCUT2D eigenvalue weighted by atomic mass is 9.97. The fourth-order valence-corrected chi connectivity index (χ4v) is 2.41. The van der Waals surface area contributed by atoms with E-state index in [9.17, 15) is 4.79 Å². The maximum absolute atomic E-state index is 11.7. The number of ether oxygens (including phenoxy) is 1. The molecule has 2 rings (SSSR count). The summed E-state index contributed by atoms with van der Waals surface area (Å²) in [4.78, 5) is 11.7. The summed E-state index contributed by atoms with van der Waals surface area (Å²) in [6.07, 6.45) is 2.24. The molecule has 0 saturated carbocycles. The molecule has 0 aromatic heterocycles. The summed E-state index contributed by atoms with van der Waals surface area (Å²) < 4.78 is 5.23. The van der Waals surface area contributed by atoms with Crippen molar-refractivity contribution in [3.05, 3.63) is 54.1 Å². The van der Waals surface area contributed by atoms with E-state index in [4.69, 9.17) is 4.74 Å². The first-order chi connectivity index (χ1) is 10.4. The summed E-state index contributed by atoms with van der Waals surface area (Å²) in [6, 6.07) is 12.4. The van der Waals surface area contributed by atoms with Gasteiger partial charge in [0.25, 0.3) is 0 Å². The van der Waals surface area contributed by atoms with Gasteiger partial charge in [-0.25, -0.2) is 4.79 Å². The molecule has 1 amide bonds. The molecule has 0 radical (unpaired) electrons. The first kappa shape index (κ1) is 16.1. The number of carbonyl (C=O) groups excluding carboxylic acids is 1. The topological polar surface area (TPSA) is 38.3 Å². The summed E-state index contributed by atoms with van der Waals surface area (Å²) in [6.45, 7) is 10.0. The van der Waals surface area contributed by atoms with Gasteiger partial charge in [-0.1, -0.05) is 49.1 Å². The van der Waals surface area contributed by atoms with E-state index in [1.807, 2.05) is 39.0 Å². The van der Waals surface area contributed by atoms with E-state index in [1.54, 1.807) is 0 Å². The number of fused-ring (bicyclic) bond motifs is 1. The second-order valence-corrected chi connectivity index (χ2v) is 6.24. The molecule has 1 N–H and O–H groups in total. The SMILES string of the molecule is C=Cc1c(CCNC(=O)OC(C)(C)C)ccc2ccccc12. The van der Waals surface area contributed by atoms with Crippen molar-refractivity contribution in [2.24, 2.45) is 0 Å². The van der Waals surface area contributed by atoms with E-state index in [0.29, 0.717) is 6.54 Å². The lowest BCUT2D eigenvalue weighted by molar-refractivity contribution is 0.0528.